The maximum Gasteiger partial charge on any atom is 0.191 e. The summed E-state index contributed by atoms with van der Waals surface area (Å²) in [6.45, 7) is 11.5. The van der Waals surface area contributed by atoms with Gasteiger partial charge in [-0.25, -0.2) is 0 Å². The highest BCUT2D eigenvalue weighted by Gasteiger charge is 2.09. The van der Waals surface area contributed by atoms with E-state index in [1.165, 1.54) is 12.8 Å². The molecule has 2 N–H and O–H groups in total. The van der Waals surface area contributed by atoms with Crippen LogP contribution in [-0.2, 0) is 6.54 Å². The Morgan fingerprint density at radius 1 is 1.22 bits per heavy atom. The summed E-state index contributed by atoms with van der Waals surface area (Å²) in [7, 11) is 1.79. The Kier molecular flexibility index (Phi) is 11.3. The molecule has 0 aliphatic carbocycles. The van der Waals surface area contributed by atoms with Crippen molar-refractivity contribution in [3.63, 3.8) is 0 Å². The van der Waals surface area contributed by atoms with Crippen LogP contribution in [-0.4, -0.2) is 24.2 Å². The van der Waals surface area contributed by atoms with E-state index in [4.69, 9.17) is 4.52 Å². The minimum absolute atomic E-state index is 0. The fourth-order valence-electron chi connectivity index (χ4n) is 2.19. The molecule has 1 atom stereocenters. The van der Waals surface area contributed by atoms with Crippen molar-refractivity contribution in [2.75, 3.05) is 7.05 Å². The molecule has 0 saturated carbocycles. The molecule has 134 valence electrons. The van der Waals surface area contributed by atoms with Gasteiger partial charge in [-0.1, -0.05) is 45.7 Å². The molecule has 0 aliphatic rings. The van der Waals surface area contributed by atoms with Crippen LogP contribution in [0.25, 0.3) is 0 Å². The van der Waals surface area contributed by atoms with Crippen molar-refractivity contribution in [2.45, 2.75) is 72.4 Å². The molecule has 0 spiro atoms. The minimum atomic E-state index is 0. The number of aliphatic imine (C=N–C) groups is 1. The minimum Gasteiger partial charge on any atom is -0.359 e. The van der Waals surface area contributed by atoms with Gasteiger partial charge < -0.3 is 15.2 Å². The molecular formula is C17H33IN4O. The summed E-state index contributed by atoms with van der Waals surface area (Å²) in [5.41, 5.74) is 0.988. The first-order valence-corrected chi connectivity index (χ1v) is 8.35. The summed E-state index contributed by atoms with van der Waals surface area (Å²) in [5, 5.41) is 10.8. The van der Waals surface area contributed by atoms with Gasteiger partial charge in [0.25, 0.3) is 0 Å². The highest BCUT2D eigenvalue weighted by atomic mass is 127. The second-order valence-electron chi connectivity index (χ2n) is 6.67. The van der Waals surface area contributed by atoms with E-state index in [2.05, 4.69) is 55.4 Å². The standard InChI is InChI=1S/C17H32N4O.HI/c1-12(2)8-7-9-14(5)20-17(18-6)19-11-15-10-16(13(3)4)21-22-15;/h10,12-14H,7-9,11H2,1-6H3,(H2,18,19,20);1H. The number of guanidine groups is 1. The number of nitrogens with one attached hydrogen (secondary N) is 2. The Morgan fingerprint density at radius 2 is 1.91 bits per heavy atom. The average molecular weight is 436 g/mol. The number of nitrogens with zero attached hydrogens (tertiary/aromatic N) is 2. The van der Waals surface area contributed by atoms with Crippen LogP contribution in [0.2, 0.25) is 0 Å². The lowest BCUT2D eigenvalue weighted by atomic mass is 10.0. The molecule has 0 fully saturated rings. The molecule has 0 aromatic carbocycles. The van der Waals surface area contributed by atoms with Crippen LogP contribution in [0.4, 0.5) is 0 Å². The van der Waals surface area contributed by atoms with Gasteiger partial charge in [-0.15, -0.1) is 24.0 Å². The average Bonchev–Trinajstić information content (AvgIpc) is 2.92. The smallest absolute Gasteiger partial charge is 0.191 e. The summed E-state index contributed by atoms with van der Waals surface area (Å²) in [6.07, 6.45) is 3.66. The summed E-state index contributed by atoms with van der Waals surface area (Å²) in [6, 6.07) is 2.41. The van der Waals surface area contributed by atoms with Crippen molar-refractivity contribution >= 4 is 29.9 Å². The van der Waals surface area contributed by atoms with E-state index < -0.39 is 0 Å². The van der Waals surface area contributed by atoms with Crippen molar-refractivity contribution in [3.05, 3.63) is 17.5 Å². The number of aromatic nitrogens is 1. The van der Waals surface area contributed by atoms with E-state index in [0.29, 0.717) is 18.5 Å². The zero-order chi connectivity index (χ0) is 16.5. The summed E-state index contributed by atoms with van der Waals surface area (Å²) >= 11 is 0. The van der Waals surface area contributed by atoms with Crippen molar-refractivity contribution in [1.29, 1.82) is 0 Å². The molecule has 0 amide bonds. The third kappa shape index (κ3) is 9.17. The van der Waals surface area contributed by atoms with Gasteiger partial charge in [0.2, 0.25) is 0 Å². The zero-order valence-electron chi connectivity index (χ0n) is 15.3. The number of rotatable bonds is 8. The first-order valence-electron chi connectivity index (χ1n) is 8.35. The highest BCUT2D eigenvalue weighted by molar-refractivity contribution is 14.0. The largest absolute Gasteiger partial charge is 0.359 e. The number of hydrogen-bond donors (Lipinski definition) is 2. The van der Waals surface area contributed by atoms with Gasteiger partial charge in [0.05, 0.1) is 12.2 Å². The SMILES string of the molecule is CN=C(NCc1cc(C(C)C)no1)NC(C)CCCC(C)C.I. The molecule has 0 radical (unpaired) electrons. The van der Waals surface area contributed by atoms with E-state index in [-0.39, 0.29) is 24.0 Å². The van der Waals surface area contributed by atoms with Crippen LogP contribution in [0.3, 0.4) is 0 Å². The first-order chi connectivity index (χ1) is 10.4. The van der Waals surface area contributed by atoms with Crippen molar-refractivity contribution in [2.24, 2.45) is 10.9 Å². The maximum absolute atomic E-state index is 5.32. The molecule has 1 aromatic heterocycles. The molecule has 5 nitrogen and oxygen atoms in total. The molecule has 1 rings (SSSR count). The first kappa shape index (κ1) is 22.2. The van der Waals surface area contributed by atoms with Crippen molar-refractivity contribution in [3.8, 4) is 0 Å². The van der Waals surface area contributed by atoms with Crippen LogP contribution >= 0.6 is 24.0 Å². The molecule has 0 aliphatic heterocycles. The Balaban J connectivity index is 0.00000484. The Bertz CT molecular complexity index is 457. The zero-order valence-corrected chi connectivity index (χ0v) is 17.7. The normalized spacial score (nSPS) is 13.1. The fourth-order valence-corrected chi connectivity index (χ4v) is 2.19. The van der Waals surface area contributed by atoms with E-state index in [0.717, 1.165) is 29.8 Å². The van der Waals surface area contributed by atoms with E-state index >= 15 is 0 Å². The van der Waals surface area contributed by atoms with E-state index in [1.807, 2.05) is 6.07 Å². The predicted molar refractivity (Wildman–Crippen MR) is 107 cm³/mol. The van der Waals surface area contributed by atoms with Crippen LogP contribution in [0, 0.1) is 5.92 Å². The van der Waals surface area contributed by atoms with Gasteiger partial charge in [-0.2, -0.15) is 0 Å². The van der Waals surface area contributed by atoms with Crippen molar-refractivity contribution in [1.82, 2.24) is 15.8 Å². The van der Waals surface area contributed by atoms with Gasteiger partial charge in [0.1, 0.15) is 0 Å². The molecular weight excluding hydrogens is 403 g/mol. The quantitative estimate of drug-likeness (QED) is 0.363. The fraction of sp³-hybridized carbons (Fsp3) is 0.765. The maximum atomic E-state index is 5.32. The second-order valence-corrected chi connectivity index (χ2v) is 6.67. The summed E-state index contributed by atoms with van der Waals surface area (Å²) < 4.78 is 5.32. The lowest BCUT2D eigenvalue weighted by Gasteiger charge is -2.17. The Morgan fingerprint density at radius 3 is 2.43 bits per heavy atom. The van der Waals surface area contributed by atoms with Gasteiger partial charge in [0.15, 0.2) is 11.7 Å². The van der Waals surface area contributed by atoms with Crippen molar-refractivity contribution < 1.29 is 4.52 Å². The topological polar surface area (TPSA) is 62.5 Å². The van der Waals surface area contributed by atoms with Crippen LogP contribution in [0.15, 0.2) is 15.6 Å². The molecule has 1 unspecified atom stereocenters. The Hall–Kier alpha value is -0.790. The second kappa shape index (κ2) is 11.7. The van der Waals surface area contributed by atoms with E-state index in [9.17, 15) is 0 Å². The molecule has 1 aromatic rings. The lowest BCUT2D eigenvalue weighted by Crippen LogP contribution is -2.41. The molecule has 23 heavy (non-hydrogen) atoms. The summed E-state index contributed by atoms with van der Waals surface area (Å²) in [5.74, 6) is 2.79. The van der Waals surface area contributed by atoms with Crippen LogP contribution in [0.5, 0.6) is 0 Å². The van der Waals surface area contributed by atoms with Gasteiger partial charge in [-0.05, 0) is 25.2 Å². The van der Waals surface area contributed by atoms with Crippen LogP contribution in [0.1, 0.15) is 71.3 Å². The molecule has 0 bridgehead atoms. The number of halogens is 1. The monoisotopic (exact) mass is 436 g/mol. The third-order valence-electron chi connectivity index (χ3n) is 3.62. The molecule has 1 heterocycles. The predicted octanol–water partition coefficient (Wildman–Crippen LogP) is 4.30. The number of hydrogen-bond acceptors (Lipinski definition) is 3. The third-order valence-corrected chi connectivity index (χ3v) is 3.62. The van der Waals surface area contributed by atoms with Gasteiger partial charge in [0, 0.05) is 19.2 Å². The van der Waals surface area contributed by atoms with Crippen LogP contribution < -0.4 is 10.6 Å². The molecule has 0 saturated heterocycles. The highest BCUT2D eigenvalue weighted by Crippen LogP contribution is 2.13. The lowest BCUT2D eigenvalue weighted by molar-refractivity contribution is 0.371. The van der Waals surface area contributed by atoms with Gasteiger partial charge >= 0.3 is 0 Å². The van der Waals surface area contributed by atoms with Gasteiger partial charge in [-0.3, -0.25) is 4.99 Å². The summed E-state index contributed by atoms with van der Waals surface area (Å²) in [4.78, 5) is 4.26. The van der Waals surface area contributed by atoms with E-state index in [1.54, 1.807) is 7.05 Å². The Labute approximate surface area is 158 Å². The molecule has 6 heteroatoms.